The Morgan fingerprint density at radius 2 is 1.93 bits per heavy atom. The van der Waals surface area contributed by atoms with E-state index in [9.17, 15) is 9.59 Å². The van der Waals surface area contributed by atoms with E-state index in [1.807, 2.05) is 0 Å². The molecule has 5 N–H and O–H groups in total. The van der Waals surface area contributed by atoms with Gasteiger partial charge in [0.15, 0.2) is 5.82 Å². The van der Waals surface area contributed by atoms with Crippen LogP contribution in [0.1, 0.15) is 5.82 Å². The van der Waals surface area contributed by atoms with E-state index in [2.05, 4.69) is 25.5 Å². The zero-order valence-corrected chi connectivity index (χ0v) is 17.0. The van der Waals surface area contributed by atoms with E-state index in [4.69, 9.17) is 22.2 Å². The molecular weight excluding hydrogens is 430 g/mol. The fourth-order valence-corrected chi connectivity index (χ4v) is 3.42. The number of nitrogens with two attached hydrogens (primary N) is 1. The Bertz CT molecular complexity index is 1250. The quantitative estimate of drug-likeness (QED) is 0.252. The highest BCUT2D eigenvalue weighted by Crippen LogP contribution is 2.19. The maximum absolute atomic E-state index is 12.2. The van der Waals surface area contributed by atoms with Crippen LogP contribution in [0.3, 0.4) is 0 Å². The van der Waals surface area contributed by atoms with Crippen molar-refractivity contribution in [2.24, 2.45) is 0 Å². The summed E-state index contributed by atoms with van der Waals surface area (Å²) < 4.78 is 6.89. The van der Waals surface area contributed by atoms with Gasteiger partial charge >= 0.3 is 5.69 Å². The van der Waals surface area contributed by atoms with Gasteiger partial charge in [-0.25, -0.2) is 9.47 Å². The van der Waals surface area contributed by atoms with E-state index in [0.29, 0.717) is 38.5 Å². The summed E-state index contributed by atoms with van der Waals surface area (Å²) in [7, 11) is 0. The highest BCUT2D eigenvalue weighted by molar-refractivity contribution is 7.99. The van der Waals surface area contributed by atoms with E-state index in [1.54, 1.807) is 42.5 Å². The average Bonchev–Trinajstić information content (AvgIpc) is 3.27. The summed E-state index contributed by atoms with van der Waals surface area (Å²) in [6, 6.07) is 12.0. The molecule has 12 heteroatoms. The van der Waals surface area contributed by atoms with Crippen LogP contribution in [-0.2, 0) is 11.4 Å². The number of benzene rings is 2. The molecule has 0 aliphatic carbocycles. The van der Waals surface area contributed by atoms with Crippen molar-refractivity contribution in [3.63, 3.8) is 0 Å². The number of thioether (sulfide) groups is 1. The second-order valence-corrected chi connectivity index (χ2v) is 7.57. The molecule has 10 nitrogen and oxygen atoms in total. The van der Waals surface area contributed by atoms with Gasteiger partial charge in [-0.05, 0) is 42.5 Å². The van der Waals surface area contributed by atoms with Crippen molar-refractivity contribution in [2.75, 3.05) is 16.9 Å². The Morgan fingerprint density at radius 3 is 2.73 bits per heavy atom. The number of carbonyl (C=O) groups excluding carboxylic acids is 1. The van der Waals surface area contributed by atoms with Gasteiger partial charge in [-0.15, -0.1) is 10.2 Å². The predicted octanol–water partition coefficient (Wildman–Crippen LogP) is 2.12. The second kappa shape index (κ2) is 8.51. The molecule has 0 saturated carbocycles. The molecule has 2 heterocycles. The lowest BCUT2D eigenvalue weighted by molar-refractivity contribution is -0.113. The first kappa shape index (κ1) is 19.9. The van der Waals surface area contributed by atoms with Crippen molar-refractivity contribution >= 4 is 46.0 Å². The third-order valence-corrected chi connectivity index (χ3v) is 5.24. The van der Waals surface area contributed by atoms with Crippen LogP contribution in [0.25, 0.3) is 11.0 Å². The molecule has 0 spiro atoms. The van der Waals surface area contributed by atoms with Crippen LogP contribution < -0.4 is 21.6 Å². The Kier molecular flexibility index (Phi) is 5.63. The molecule has 4 rings (SSSR count). The lowest BCUT2D eigenvalue weighted by Crippen LogP contribution is -2.18. The molecule has 0 fully saturated rings. The van der Waals surface area contributed by atoms with Gasteiger partial charge < -0.3 is 25.9 Å². The SMILES string of the molecule is Nn1c(COc2ccc(Cl)cc2)nnc1SCC(=O)Nc1ccc2[nH]c(=O)[nH]c2c1. The van der Waals surface area contributed by atoms with Crippen LogP contribution in [0.4, 0.5) is 5.69 Å². The molecule has 0 saturated heterocycles. The summed E-state index contributed by atoms with van der Waals surface area (Å²) in [6.45, 7) is 0.118. The number of ether oxygens (including phenoxy) is 1. The lowest BCUT2D eigenvalue weighted by Gasteiger charge is -2.07. The molecule has 30 heavy (non-hydrogen) atoms. The summed E-state index contributed by atoms with van der Waals surface area (Å²) in [5, 5.41) is 11.7. The normalized spacial score (nSPS) is 11.0. The number of rotatable bonds is 7. The van der Waals surface area contributed by atoms with Crippen LogP contribution in [0, 0.1) is 0 Å². The molecule has 2 aromatic heterocycles. The molecule has 154 valence electrons. The summed E-state index contributed by atoms with van der Waals surface area (Å²) in [5.74, 6) is 6.86. The van der Waals surface area contributed by atoms with E-state index in [0.717, 1.165) is 11.8 Å². The standard InChI is InChI=1S/C18H16ClN7O3S/c19-10-1-4-12(5-2-10)29-8-15-24-25-18(26(15)20)30-9-16(27)21-11-3-6-13-14(7-11)23-17(28)22-13/h1-7H,8-9,20H2,(H,21,27)(H2,22,23,28). The van der Waals surface area contributed by atoms with E-state index < -0.39 is 0 Å². The minimum atomic E-state index is -0.304. The van der Waals surface area contributed by atoms with Gasteiger partial charge in [0.05, 0.1) is 16.8 Å². The average molecular weight is 446 g/mol. The van der Waals surface area contributed by atoms with Crippen molar-refractivity contribution in [3.8, 4) is 5.75 Å². The number of hydrogen-bond acceptors (Lipinski definition) is 7. The Hall–Kier alpha value is -3.44. The molecule has 0 atom stereocenters. The molecular formula is C18H16ClN7O3S. The van der Waals surface area contributed by atoms with Gasteiger partial charge in [-0.2, -0.15) is 0 Å². The Labute approximate surface area is 178 Å². The number of anilines is 1. The Morgan fingerprint density at radius 1 is 1.17 bits per heavy atom. The summed E-state index contributed by atoms with van der Waals surface area (Å²) in [5.41, 5.74) is 1.53. The molecule has 0 unspecified atom stereocenters. The van der Waals surface area contributed by atoms with Gasteiger partial charge in [0.1, 0.15) is 12.4 Å². The minimum Gasteiger partial charge on any atom is -0.486 e. The van der Waals surface area contributed by atoms with Gasteiger partial charge in [0.2, 0.25) is 11.1 Å². The van der Waals surface area contributed by atoms with Crippen LogP contribution in [0.15, 0.2) is 52.4 Å². The van der Waals surface area contributed by atoms with Crippen molar-refractivity contribution in [1.29, 1.82) is 0 Å². The number of fused-ring (bicyclic) bond motifs is 1. The summed E-state index contributed by atoms with van der Waals surface area (Å²) in [4.78, 5) is 28.8. The minimum absolute atomic E-state index is 0.0784. The third kappa shape index (κ3) is 4.58. The third-order valence-electron chi connectivity index (χ3n) is 4.05. The van der Waals surface area contributed by atoms with E-state index >= 15 is 0 Å². The number of nitrogens with one attached hydrogen (secondary N) is 3. The van der Waals surface area contributed by atoms with Crippen LogP contribution >= 0.6 is 23.4 Å². The maximum atomic E-state index is 12.2. The summed E-state index contributed by atoms with van der Waals surface area (Å²) in [6.07, 6.45) is 0. The number of aromatic nitrogens is 5. The first-order valence-electron chi connectivity index (χ1n) is 8.70. The fourth-order valence-electron chi connectivity index (χ4n) is 2.62. The van der Waals surface area contributed by atoms with Crippen molar-refractivity contribution in [2.45, 2.75) is 11.8 Å². The van der Waals surface area contributed by atoms with Gasteiger partial charge in [0, 0.05) is 10.7 Å². The summed E-state index contributed by atoms with van der Waals surface area (Å²) >= 11 is 6.98. The van der Waals surface area contributed by atoms with E-state index in [-0.39, 0.29) is 24.0 Å². The number of H-pyrrole nitrogens is 2. The van der Waals surface area contributed by atoms with Gasteiger partial charge in [-0.3, -0.25) is 4.79 Å². The number of halogens is 1. The second-order valence-electron chi connectivity index (χ2n) is 6.19. The molecule has 0 aliphatic rings. The topological polar surface area (TPSA) is 144 Å². The number of carbonyl (C=O) groups is 1. The van der Waals surface area contributed by atoms with Crippen molar-refractivity contribution in [3.05, 3.63) is 63.8 Å². The maximum Gasteiger partial charge on any atom is 0.323 e. The van der Waals surface area contributed by atoms with Crippen LogP contribution in [0.2, 0.25) is 5.02 Å². The molecule has 1 amide bonds. The fraction of sp³-hybridized carbons (Fsp3) is 0.111. The van der Waals surface area contributed by atoms with Crippen LogP contribution in [0.5, 0.6) is 5.75 Å². The van der Waals surface area contributed by atoms with Gasteiger partial charge in [0.25, 0.3) is 0 Å². The zero-order valence-electron chi connectivity index (χ0n) is 15.4. The first-order chi connectivity index (χ1) is 14.5. The number of amides is 1. The van der Waals surface area contributed by atoms with Crippen molar-refractivity contribution < 1.29 is 9.53 Å². The molecule has 4 aromatic rings. The highest BCUT2D eigenvalue weighted by atomic mass is 35.5. The number of nitrogens with zero attached hydrogens (tertiary/aromatic N) is 3. The number of aromatic amines is 2. The number of hydrogen-bond donors (Lipinski definition) is 4. The molecule has 0 bridgehead atoms. The van der Waals surface area contributed by atoms with Crippen molar-refractivity contribution in [1.82, 2.24) is 24.8 Å². The van der Waals surface area contributed by atoms with E-state index in [1.165, 1.54) is 4.68 Å². The van der Waals surface area contributed by atoms with Gasteiger partial charge in [-0.1, -0.05) is 23.4 Å². The number of nitrogen functional groups attached to an aromatic ring is 1. The lowest BCUT2D eigenvalue weighted by atomic mass is 10.3. The molecule has 0 radical (unpaired) electrons. The Balaban J connectivity index is 1.32. The monoisotopic (exact) mass is 445 g/mol. The highest BCUT2D eigenvalue weighted by Gasteiger charge is 2.13. The zero-order chi connectivity index (χ0) is 21.1. The molecule has 0 aliphatic heterocycles. The largest absolute Gasteiger partial charge is 0.486 e. The first-order valence-corrected chi connectivity index (χ1v) is 10.1. The smallest absolute Gasteiger partial charge is 0.323 e. The predicted molar refractivity (Wildman–Crippen MR) is 114 cm³/mol. The number of imidazole rings is 1. The van der Waals surface area contributed by atoms with Crippen LogP contribution in [-0.4, -0.2) is 36.5 Å². The molecule has 2 aromatic carbocycles.